The van der Waals surface area contributed by atoms with Gasteiger partial charge in [0.25, 0.3) is 0 Å². The van der Waals surface area contributed by atoms with E-state index in [9.17, 15) is 8.42 Å². The average Bonchev–Trinajstić information content (AvgIpc) is 2.38. The number of nitrogens with two attached hydrogens (primary N) is 1. The number of benzene rings is 1. The zero-order valence-electron chi connectivity index (χ0n) is 11.4. The molecule has 0 atom stereocenters. The molecule has 0 radical (unpaired) electrons. The molecule has 0 aliphatic carbocycles. The Hall–Kier alpha value is -2.08. The lowest BCUT2D eigenvalue weighted by atomic mass is 10.2. The first-order valence-electron chi connectivity index (χ1n) is 6.08. The molecule has 2 aromatic rings. The molecular weight excluding hydrogens is 274 g/mol. The fourth-order valence-corrected chi connectivity index (χ4v) is 2.59. The number of sulfone groups is 1. The molecule has 0 saturated carbocycles. The normalized spacial score (nSPS) is 11.3. The van der Waals surface area contributed by atoms with Gasteiger partial charge in [-0.2, -0.15) is 0 Å². The molecule has 0 amide bonds. The van der Waals surface area contributed by atoms with Crippen molar-refractivity contribution in [1.82, 2.24) is 4.98 Å². The van der Waals surface area contributed by atoms with Crippen molar-refractivity contribution in [3.8, 4) is 0 Å². The lowest BCUT2D eigenvalue weighted by Crippen LogP contribution is -2.18. The Labute approximate surface area is 119 Å². The van der Waals surface area contributed by atoms with Crippen LogP contribution in [0, 0.1) is 0 Å². The van der Waals surface area contributed by atoms with Crippen LogP contribution in [-0.2, 0) is 16.4 Å². The summed E-state index contributed by atoms with van der Waals surface area (Å²) in [5, 5.41) is 0. The Bertz CT molecular complexity index is 700. The van der Waals surface area contributed by atoms with E-state index >= 15 is 0 Å². The van der Waals surface area contributed by atoms with E-state index in [2.05, 4.69) is 4.98 Å². The van der Waals surface area contributed by atoms with Gasteiger partial charge in [-0.05, 0) is 30.3 Å². The fourth-order valence-electron chi connectivity index (χ4n) is 1.93. The SMILES string of the molecule is CN(Cc1ccccn1)c1ccc(S(C)(=O)=O)cc1N. The van der Waals surface area contributed by atoms with Crippen molar-refractivity contribution >= 4 is 21.2 Å². The lowest BCUT2D eigenvalue weighted by molar-refractivity contribution is 0.602. The van der Waals surface area contributed by atoms with E-state index in [4.69, 9.17) is 5.73 Å². The predicted molar refractivity (Wildman–Crippen MR) is 80.3 cm³/mol. The maximum absolute atomic E-state index is 11.5. The van der Waals surface area contributed by atoms with Crippen LogP contribution in [0.5, 0.6) is 0 Å². The summed E-state index contributed by atoms with van der Waals surface area (Å²) < 4.78 is 23.0. The summed E-state index contributed by atoms with van der Waals surface area (Å²) in [6, 6.07) is 10.5. The van der Waals surface area contributed by atoms with Gasteiger partial charge in [0.2, 0.25) is 0 Å². The molecule has 1 heterocycles. The Morgan fingerprint density at radius 3 is 2.55 bits per heavy atom. The maximum atomic E-state index is 11.5. The Kier molecular flexibility index (Phi) is 3.94. The molecule has 5 nitrogen and oxygen atoms in total. The van der Waals surface area contributed by atoms with Gasteiger partial charge in [0, 0.05) is 19.5 Å². The van der Waals surface area contributed by atoms with Crippen molar-refractivity contribution < 1.29 is 8.42 Å². The van der Waals surface area contributed by atoms with E-state index in [1.807, 2.05) is 30.1 Å². The van der Waals surface area contributed by atoms with Crippen molar-refractivity contribution in [3.05, 3.63) is 48.3 Å². The molecule has 2 rings (SSSR count). The average molecular weight is 291 g/mol. The Balaban J connectivity index is 2.25. The number of nitrogen functional groups attached to an aromatic ring is 1. The third-order valence-corrected chi connectivity index (χ3v) is 4.07. The van der Waals surface area contributed by atoms with Crippen LogP contribution in [0.1, 0.15) is 5.69 Å². The monoisotopic (exact) mass is 291 g/mol. The van der Waals surface area contributed by atoms with Gasteiger partial charge in [-0.25, -0.2) is 8.42 Å². The van der Waals surface area contributed by atoms with Gasteiger partial charge < -0.3 is 10.6 Å². The molecule has 20 heavy (non-hydrogen) atoms. The molecule has 0 spiro atoms. The summed E-state index contributed by atoms with van der Waals surface area (Å²) in [6.45, 7) is 0.600. The molecule has 1 aromatic heterocycles. The molecule has 0 unspecified atom stereocenters. The highest BCUT2D eigenvalue weighted by atomic mass is 32.2. The third kappa shape index (κ3) is 3.27. The minimum atomic E-state index is -3.24. The van der Waals surface area contributed by atoms with E-state index in [-0.39, 0.29) is 4.90 Å². The summed E-state index contributed by atoms with van der Waals surface area (Å²) in [5.74, 6) is 0. The van der Waals surface area contributed by atoms with Gasteiger partial charge in [-0.15, -0.1) is 0 Å². The molecule has 6 heteroatoms. The number of aromatic nitrogens is 1. The lowest BCUT2D eigenvalue weighted by Gasteiger charge is -2.21. The van der Waals surface area contributed by atoms with Crippen molar-refractivity contribution in [2.45, 2.75) is 11.4 Å². The largest absolute Gasteiger partial charge is 0.397 e. The molecule has 0 aliphatic rings. The predicted octanol–water partition coefficient (Wildman–Crippen LogP) is 1.70. The number of pyridine rings is 1. The fraction of sp³-hybridized carbons (Fsp3) is 0.214. The topological polar surface area (TPSA) is 76.3 Å². The number of hydrogen-bond donors (Lipinski definition) is 1. The second kappa shape index (κ2) is 5.50. The molecule has 106 valence electrons. The van der Waals surface area contributed by atoms with Gasteiger partial charge >= 0.3 is 0 Å². The first-order valence-corrected chi connectivity index (χ1v) is 7.97. The van der Waals surface area contributed by atoms with Crippen molar-refractivity contribution in [1.29, 1.82) is 0 Å². The van der Waals surface area contributed by atoms with Crippen LogP contribution in [0.25, 0.3) is 0 Å². The van der Waals surface area contributed by atoms with Crippen LogP contribution < -0.4 is 10.6 Å². The second-order valence-electron chi connectivity index (χ2n) is 4.67. The summed E-state index contributed by atoms with van der Waals surface area (Å²) in [5.41, 5.74) is 8.08. The number of hydrogen-bond acceptors (Lipinski definition) is 5. The van der Waals surface area contributed by atoms with Crippen molar-refractivity contribution in [2.24, 2.45) is 0 Å². The third-order valence-electron chi connectivity index (χ3n) is 2.96. The zero-order chi connectivity index (χ0) is 14.8. The minimum absolute atomic E-state index is 0.227. The summed E-state index contributed by atoms with van der Waals surface area (Å²) >= 11 is 0. The van der Waals surface area contributed by atoms with Crippen molar-refractivity contribution in [3.63, 3.8) is 0 Å². The summed E-state index contributed by atoms with van der Waals surface area (Å²) in [7, 11) is -1.35. The number of nitrogens with zero attached hydrogens (tertiary/aromatic N) is 2. The van der Waals surface area contributed by atoms with Gasteiger partial charge in [0.05, 0.1) is 28.5 Å². The molecular formula is C14H17N3O2S. The number of rotatable bonds is 4. The Morgan fingerprint density at radius 2 is 2.00 bits per heavy atom. The summed E-state index contributed by atoms with van der Waals surface area (Å²) in [4.78, 5) is 6.41. The maximum Gasteiger partial charge on any atom is 0.175 e. The summed E-state index contributed by atoms with van der Waals surface area (Å²) in [6.07, 6.45) is 2.90. The highest BCUT2D eigenvalue weighted by molar-refractivity contribution is 7.90. The molecule has 2 N–H and O–H groups in total. The van der Waals surface area contributed by atoms with Crippen LogP contribution in [0.4, 0.5) is 11.4 Å². The number of anilines is 2. The second-order valence-corrected chi connectivity index (χ2v) is 6.69. The highest BCUT2D eigenvalue weighted by Gasteiger charge is 2.12. The van der Waals surface area contributed by atoms with Crippen LogP contribution >= 0.6 is 0 Å². The van der Waals surface area contributed by atoms with Gasteiger partial charge in [-0.3, -0.25) is 4.98 Å². The smallest absolute Gasteiger partial charge is 0.175 e. The molecule has 0 aliphatic heterocycles. The van der Waals surface area contributed by atoms with Crippen LogP contribution in [-0.4, -0.2) is 26.7 Å². The van der Waals surface area contributed by atoms with E-state index in [0.717, 1.165) is 11.4 Å². The highest BCUT2D eigenvalue weighted by Crippen LogP contribution is 2.26. The van der Waals surface area contributed by atoms with E-state index in [1.54, 1.807) is 18.3 Å². The first kappa shape index (κ1) is 14.3. The molecule has 0 fully saturated rings. The Morgan fingerprint density at radius 1 is 1.25 bits per heavy atom. The zero-order valence-corrected chi connectivity index (χ0v) is 12.3. The van der Waals surface area contributed by atoms with Gasteiger partial charge in [-0.1, -0.05) is 6.07 Å². The van der Waals surface area contributed by atoms with Crippen LogP contribution in [0.2, 0.25) is 0 Å². The first-order chi connectivity index (χ1) is 9.38. The van der Waals surface area contributed by atoms with E-state index in [1.165, 1.54) is 12.3 Å². The molecule has 0 bridgehead atoms. The standard InChI is InChI=1S/C14H17N3O2S/c1-17(10-11-5-3-4-8-16-11)14-7-6-12(9-13(14)15)20(2,18)19/h3-9H,10,15H2,1-2H3. The van der Waals surface area contributed by atoms with Crippen molar-refractivity contribution in [2.75, 3.05) is 23.9 Å². The van der Waals surface area contributed by atoms with Gasteiger partial charge in [0.15, 0.2) is 9.84 Å². The van der Waals surface area contributed by atoms with Gasteiger partial charge in [0.1, 0.15) is 0 Å². The molecule has 0 saturated heterocycles. The van der Waals surface area contributed by atoms with E-state index < -0.39 is 9.84 Å². The molecule has 1 aromatic carbocycles. The van der Waals surface area contributed by atoms with Crippen LogP contribution in [0.15, 0.2) is 47.5 Å². The minimum Gasteiger partial charge on any atom is -0.397 e. The van der Waals surface area contributed by atoms with E-state index in [0.29, 0.717) is 12.2 Å². The quantitative estimate of drug-likeness (QED) is 0.868. The van der Waals surface area contributed by atoms with Crippen LogP contribution in [0.3, 0.4) is 0 Å².